The molecule has 0 fully saturated rings. The molecule has 0 atom stereocenters. The number of ether oxygens (including phenoxy) is 1. The zero-order valence-electron chi connectivity index (χ0n) is 21.5. The number of nitrogens with zero attached hydrogens (tertiary/aromatic N) is 3. The van der Waals surface area contributed by atoms with Crippen molar-refractivity contribution in [3.8, 4) is 0 Å². The van der Waals surface area contributed by atoms with Gasteiger partial charge in [0.1, 0.15) is 6.67 Å². The van der Waals surface area contributed by atoms with E-state index in [0.29, 0.717) is 13.2 Å². The second kappa shape index (κ2) is 13.7. The van der Waals surface area contributed by atoms with Crippen LogP contribution < -0.4 is 5.32 Å². The molecule has 0 bridgehead atoms. The number of amides is 1. The lowest BCUT2D eigenvalue weighted by atomic mass is 9.97. The Morgan fingerprint density at radius 2 is 1.89 bits per heavy atom. The minimum atomic E-state index is -4.52. The first-order chi connectivity index (χ1) is 17.7. The highest BCUT2D eigenvalue weighted by molar-refractivity contribution is 5.81. The number of halogens is 4. The molecule has 37 heavy (non-hydrogen) atoms. The number of likely N-dealkylation sites (N-methyl/N-ethyl adjacent to an activating group) is 1. The molecule has 1 aliphatic heterocycles. The quantitative estimate of drug-likeness (QED) is 0.401. The van der Waals surface area contributed by atoms with Gasteiger partial charge in [-0.1, -0.05) is 30.3 Å². The summed E-state index contributed by atoms with van der Waals surface area (Å²) < 4.78 is 58.6. The maximum Gasteiger partial charge on any atom is 0.416 e. The lowest BCUT2D eigenvalue weighted by Gasteiger charge is -2.30. The van der Waals surface area contributed by atoms with Crippen molar-refractivity contribution in [1.82, 2.24) is 14.7 Å². The summed E-state index contributed by atoms with van der Waals surface area (Å²) in [6, 6.07) is 11.2. The molecule has 2 aromatic rings. The van der Waals surface area contributed by atoms with E-state index in [-0.39, 0.29) is 37.6 Å². The van der Waals surface area contributed by atoms with Crippen LogP contribution in [0.5, 0.6) is 0 Å². The van der Waals surface area contributed by atoms with Gasteiger partial charge in [0.15, 0.2) is 0 Å². The summed E-state index contributed by atoms with van der Waals surface area (Å²) in [6.07, 6.45) is -3.69. The Bertz CT molecular complexity index is 1020. The summed E-state index contributed by atoms with van der Waals surface area (Å²) in [7, 11) is 3.40. The second-order valence-corrected chi connectivity index (χ2v) is 9.28. The topological polar surface area (TPSA) is 48.1 Å². The van der Waals surface area contributed by atoms with Crippen molar-refractivity contribution >= 4 is 11.6 Å². The molecule has 0 radical (unpaired) electrons. The van der Waals surface area contributed by atoms with E-state index in [4.69, 9.17) is 4.74 Å². The zero-order chi connectivity index (χ0) is 26.8. The number of alkyl halides is 4. The number of carbonyl (C=O) groups is 1. The molecular weight excluding hydrogens is 488 g/mol. The zero-order valence-corrected chi connectivity index (χ0v) is 21.5. The van der Waals surface area contributed by atoms with Gasteiger partial charge in [0.05, 0.1) is 18.7 Å². The van der Waals surface area contributed by atoms with E-state index in [2.05, 4.69) is 16.3 Å². The minimum Gasteiger partial charge on any atom is -0.383 e. The first-order valence-electron chi connectivity index (χ1n) is 12.5. The van der Waals surface area contributed by atoms with Crippen molar-refractivity contribution in [3.05, 3.63) is 64.7 Å². The number of carbonyl (C=O) groups excluding carboxylic acids is 1. The Kier molecular flexibility index (Phi) is 10.7. The molecule has 1 heterocycles. The highest BCUT2D eigenvalue weighted by Gasteiger charge is 2.33. The smallest absolute Gasteiger partial charge is 0.383 e. The Morgan fingerprint density at radius 3 is 2.62 bits per heavy atom. The fraction of sp³-hybridized carbons (Fsp3) is 0.519. The number of benzene rings is 2. The van der Waals surface area contributed by atoms with Crippen molar-refractivity contribution in [2.45, 2.75) is 25.7 Å². The normalized spacial score (nSPS) is 14.0. The average Bonchev–Trinajstić information content (AvgIpc) is 2.88. The number of anilines is 1. The largest absolute Gasteiger partial charge is 0.416 e. The first kappa shape index (κ1) is 28.9. The van der Waals surface area contributed by atoms with Crippen LogP contribution in [-0.2, 0) is 35.2 Å². The Morgan fingerprint density at radius 1 is 1.11 bits per heavy atom. The third kappa shape index (κ3) is 8.41. The van der Waals surface area contributed by atoms with Crippen LogP contribution in [0.3, 0.4) is 0 Å². The van der Waals surface area contributed by atoms with Crippen LogP contribution in [0.1, 0.15) is 22.3 Å². The molecule has 0 aromatic heterocycles. The van der Waals surface area contributed by atoms with E-state index < -0.39 is 18.4 Å². The first-order valence-corrected chi connectivity index (χ1v) is 12.5. The molecule has 1 aliphatic rings. The molecule has 0 saturated carbocycles. The summed E-state index contributed by atoms with van der Waals surface area (Å²) in [5.74, 6) is -0.319. The molecule has 1 N–H and O–H groups in total. The molecule has 0 saturated heterocycles. The molecule has 0 aliphatic carbocycles. The van der Waals surface area contributed by atoms with Gasteiger partial charge in [-0.3, -0.25) is 9.69 Å². The van der Waals surface area contributed by atoms with Crippen LogP contribution in [-0.4, -0.2) is 87.3 Å². The molecule has 0 spiro atoms. The number of fused-ring (bicyclic) bond motifs is 1. The van der Waals surface area contributed by atoms with Crippen molar-refractivity contribution in [1.29, 1.82) is 0 Å². The van der Waals surface area contributed by atoms with Gasteiger partial charge in [0, 0.05) is 58.6 Å². The molecule has 1 amide bonds. The van der Waals surface area contributed by atoms with Crippen molar-refractivity contribution < 1.29 is 27.1 Å². The van der Waals surface area contributed by atoms with Crippen molar-refractivity contribution in [2.75, 3.05) is 72.0 Å². The van der Waals surface area contributed by atoms with Gasteiger partial charge < -0.3 is 19.9 Å². The highest BCUT2D eigenvalue weighted by atomic mass is 19.4. The van der Waals surface area contributed by atoms with Gasteiger partial charge in [-0.25, -0.2) is 4.39 Å². The van der Waals surface area contributed by atoms with Crippen LogP contribution in [0.4, 0.5) is 23.2 Å². The van der Waals surface area contributed by atoms with Gasteiger partial charge in [-0.05, 0) is 42.3 Å². The van der Waals surface area contributed by atoms with E-state index in [1.807, 2.05) is 12.1 Å². The van der Waals surface area contributed by atoms with Crippen LogP contribution in [0.25, 0.3) is 0 Å². The van der Waals surface area contributed by atoms with Gasteiger partial charge in [-0.2, -0.15) is 13.2 Å². The maximum absolute atomic E-state index is 13.6. The fourth-order valence-electron chi connectivity index (χ4n) is 4.51. The van der Waals surface area contributed by atoms with Crippen molar-refractivity contribution in [3.63, 3.8) is 0 Å². The van der Waals surface area contributed by atoms with Crippen LogP contribution >= 0.6 is 0 Å². The van der Waals surface area contributed by atoms with Gasteiger partial charge in [0.25, 0.3) is 0 Å². The Labute approximate surface area is 216 Å². The third-order valence-electron chi connectivity index (χ3n) is 6.64. The van der Waals surface area contributed by atoms with E-state index >= 15 is 0 Å². The molecule has 6 nitrogen and oxygen atoms in total. The van der Waals surface area contributed by atoms with E-state index in [0.717, 1.165) is 43.4 Å². The number of hydrogen-bond donors (Lipinski definition) is 1. The molecule has 204 valence electrons. The summed E-state index contributed by atoms with van der Waals surface area (Å²) in [5.41, 5.74) is 2.48. The van der Waals surface area contributed by atoms with Gasteiger partial charge in [0.2, 0.25) is 5.91 Å². The van der Waals surface area contributed by atoms with E-state index in [1.54, 1.807) is 19.1 Å². The lowest BCUT2D eigenvalue weighted by molar-refractivity contribution is -0.139. The monoisotopic (exact) mass is 524 g/mol. The third-order valence-corrected chi connectivity index (χ3v) is 6.64. The predicted octanol–water partition coefficient (Wildman–Crippen LogP) is 4.05. The van der Waals surface area contributed by atoms with Crippen LogP contribution in [0.2, 0.25) is 0 Å². The summed E-state index contributed by atoms with van der Waals surface area (Å²) >= 11 is 0. The average molecular weight is 525 g/mol. The Hall–Kier alpha value is -2.69. The highest BCUT2D eigenvalue weighted by Crippen LogP contribution is 2.32. The van der Waals surface area contributed by atoms with Gasteiger partial charge >= 0.3 is 6.18 Å². The lowest BCUT2D eigenvalue weighted by Crippen LogP contribution is -2.41. The molecule has 3 rings (SSSR count). The maximum atomic E-state index is 13.6. The number of nitrogens with one attached hydrogen (secondary N) is 1. The van der Waals surface area contributed by atoms with Gasteiger partial charge in [-0.15, -0.1) is 0 Å². The Balaban J connectivity index is 1.72. The van der Waals surface area contributed by atoms with E-state index in [9.17, 15) is 22.4 Å². The number of hydrogen-bond acceptors (Lipinski definition) is 5. The minimum absolute atomic E-state index is 0.0322. The molecule has 2 aromatic carbocycles. The summed E-state index contributed by atoms with van der Waals surface area (Å²) in [5, 5.41) is 3.22. The second-order valence-electron chi connectivity index (χ2n) is 9.28. The molecule has 0 unspecified atom stereocenters. The standard InChI is InChI=1S/C27H36F4N4O2/c1-33(13-11-28)14-15-35(20-22-6-3-4-8-24(22)27(29,30)31)26(36)18-32-25-9-5-7-21-19-34(16-17-37-2)12-10-23(21)25/h3-9,32H,10-20H2,1-2H3. The summed E-state index contributed by atoms with van der Waals surface area (Å²) in [4.78, 5) is 18.7. The fourth-order valence-corrected chi connectivity index (χ4v) is 4.51. The molecule has 10 heteroatoms. The summed E-state index contributed by atoms with van der Waals surface area (Å²) in [6.45, 7) is 3.14. The number of methoxy groups -OCH3 is 1. The van der Waals surface area contributed by atoms with Crippen LogP contribution in [0, 0.1) is 0 Å². The SMILES string of the molecule is COCCN1CCc2c(cccc2NCC(=O)N(CCN(C)CCF)Cc2ccccc2C(F)(F)F)C1. The molecular formula is C27H36F4N4O2. The van der Waals surface area contributed by atoms with Crippen LogP contribution in [0.15, 0.2) is 42.5 Å². The van der Waals surface area contributed by atoms with E-state index in [1.165, 1.54) is 28.7 Å². The number of rotatable bonds is 13. The van der Waals surface area contributed by atoms with Crippen molar-refractivity contribution in [2.24, 2.45) is 0 Å². The predicted molar refractivity (Wildman–Crippen MR) is 136 cm³/mol.